The third kappa shape index (κ3) is 3.46. The fourth-order valence-corrected chi connectivity index (χ4v) is 2.84. The lowest BCUT2D eigenvalue weighted by Crippen LogP contribution is -2.45. The summed E-state index contributed by atoms with van der Waals surface area (Å²) in [4.78, 5) is 14.3. The molecule has 20 heavy (non-hydrogen) atoms. The summed E-state index contributed by atoms with van der Waals surface area (Å²) >= 11 is 12.3. The molecular formula is C15H22Cl2N2O. The van der Waals surface area contributed by atoms with E-state index in [0.29, 0.717) is 23.1 Å². The molecule has 0 aliphatic rings. The average Bonchev–Trinajstić information content (AvgIpc) is 2.45. The molecule has 1 aromatic rings. The second-order valence-electron chi connectivity index (χ2n) is 5.05. The van der Waals surface area contributed by atoms with Crippen molar-refractivity contribution in [1.29, 1.82) is 0 Å². The van der Waals surface area contributed by atoms with Crippen molar-refractivity contribution in [3.8, 4) is 0 Å². The number of hydrogen-bond donors (Lipinski definition) is 1. The molecule has 1 rings (SSSR count). The summed E-state index contributed by atoms with van der Waals surface area (Å²) in [7, 11) is 1.76. The van der Waals surface area contributed by atoms with Gasteiger partial charge in [-0.2, -0.15) is 0 Å². The molecule has 0 bridgehead atoms. The van der Waals surface area contributed by atoms with Crippen LogP contribution in [-0.4, -0.2) is 24.4 Å². The van der Waals surface area contributed by atoms with E-state index >= 15 is 0 Å². The van der Waals surface area contributed by atoms with Gasteiger partial charge in [-0.15, -0.1) is 0 Å². The number of carbonyl (C=O) groups is 1. The second-order valence-corrected chi connectivity index (χ2v) is 5.87. The maximum Gasteiger partial charge on any atom is 0.230 e. The van der Waals surface area contributed by atoms with Crippen LogP contribution >= 0.6 is 23.2 Å². The molecule has 0 fully saturated rings. The lowest BCUT2D eigenvalue weighted by Gasteiger charge is -2.33. The highest BCUT2D eigenvalue weighted by molar-refractivity contribution is 6.36. The normalized spacial score (nSPS) is 11.5. The van der Waals surface area contributed by atoms with Crippen LogP contribution in [-0.2, 0) is 11.3 Å². The fraction of sp³-hybridized carbons (Fsp3) is 0.533. The van der Waals surface area contributed by atoms with Crippen LogP contribution in [0.25, 0.3) is 0 Å². The van der Waals surface area contributed by atoms with Crippen LogP contribution in [0.1, 0.15) is 32.3 Å². The zero-order chi connectivity index (χ0) is 15.3. The first-order valence-corrected chi connectivity index (χ1v) is 7.56. The summed E-state index contributed by atoms with van der Waals surface area (Å²) in [6.07, 6.45) is 1.44. The fourth-order valence-electron chi connectivity index (χ4n) is 2.33. The van der Waals surface area contributed by atoms with Gasteiger partial charge in [0.25, 0.3) is 0 Å². The lowest BCUT2D eigenvalue weighted by atomic mass is 9.81. The second kappa shape index (κ2) is 7.30. The molecular weight excluding hydrogens is 295 g/mol. The first-order valence-electron chi connectivity index (χ1n) is 6.80. The van der Waals surface area contributed by atoms with Crippen LogP contribution in [0.15, 0.2) is 18.2 Å². The Morgan fingerprint density at radius 1 is 1.25 bits per heavy atom. The van der Waals surface area contributed by atoms with Crippen molar-refractivity contribution < 1.29 is 4.79 Å². The molecule has 0 radical (unpaired) electrons. The minimum Gasteiger partial charge on any atom is -0.341 e. The topological polar surface area (TPSA) is 46.3 Å². The smallest absolute Gasteiger partial charge is 0.230 e. The maximum atomic E-state index is 12.6. The van der Waals surface area contributed by atoms with E-state index in [-0.39, 0.29) is 5.91 Å². The predicted octanol–water partition coefficient (Wildman–Crippen LogP) is 3.72. The highest BCUT2D eigenvalue weighted by Gasteiger charge is 2.35. The molecule has 0 saturated carbocycles. The van der Waals surface area contributed by atoms with E-state index in [1.807, 2.05) is 13.8 Å². The van der Waals surface area contributed by atoms with Gasteiger partial charge in [0.05, 0.1) is 5.41 Å². The van der Waals surface area contributed by atoms with Crippen molar-refractivity contribution in [2.45, 2.75) is 33.2 Å². The van der Waals surface area contributed by atoms with E-state index in [1.54, 1.807) is 30.1 Å². The average molecular weight is 317 g/mol. The van der Waals surface area contributed by atoms with E-state index in [0.717, 1.165) is 18.4 Å². The molecule has 0 unspecified atom stereocenters. The zero-order valence-electron chi connectivity index (χ0n) is 12.2. The zero-order valence-corrected chi connectivity index (χ0v) is 13.8. The van der Waals surface area contributed by atoms with Crippen molar-refractivity contribution in [2.24, 2.45) is 11.1 Å². The van der Waals surface area contributed by atoms with E-state index < -0.39 is 5.41 Å². The molecule has 5 heteroatoms. The lowest BCUT2D eigenvalue weighted by molar-refractivity contribution is -0.141. The monoisotopic (exact) mass is 316 g/mol. The van der Waals surface area contributed by atoms with Crippen molar-refractivity contribution >= 4 is 29.1 Å². The van der Waals surface area contributed by atoms with Crippen LogP contribution < -0.4 is 5.73 Å². The Morgan fingerprint density at radius 2 is 1.75 bits per heavy atom. The molecule has 1 amide bonds. The number of nitrogens with zero attached hydrogens (tertiary/aromatic N) is 1. The van der Waals surface area contributed by atoms with Crippen LogP contribution in [0.2, 0.25) is 10.0 Å². The number of amides is 1. The molecule has 0 aliphatic heterocycles. The molecule has 0 aliphatic carbocycles. The molecule has 2 N–H and O–H groups in total. The van der Waals surface area contributed by atoms with Gasteiger partial charge >= 0.3 is 0 Å². The van der Waals surface area contributed by atoms with Crippen molar-refractivity contribution in [3.63, 3.8) is 0 Å². The molecule has 3 nitrogen and oxygen atoms in total. The SMILES string of the molecule is CCC(CC)(CN)C(=O)N(C)Cc1c(Cl)cccc1Cl. The van der Waals surface area contributed by atoms with Gasteiger partial charge in [-0.05, 0) is 25.0 Å². The van der Waals surface area contributed by atoms with Gasteiger partial charge in [-0.1, -0.05) is 43.1 Å². The molecule has 0 atom stereocenters. The summed E-state index contributed by atoms with van der Waals surface area (Å²) in [5.74, 6) is 0.0426. The van der Waals surface area contributed by atoms with E-state index in [4.69, 9.17) is 28.9 Å². The number of halogens is 2. The van der Waals surface area contributed by atoms with Gasteiger partial charge in [-0.25, -0.2) is 0 Å². The highest BCUT2D eigenvalue weighted by Crippen LogP contribution is 2.30. The third-order valence-corrected chi connectivity index (χ3v) is 4.71. The summed E-state index contributed by atoms with van der Waals surface area (Å²) in [5, 5.41) is 1.15. The van der Waals surface area contributed by atoms with Crippen molar-refractivity contribution in [3.05, 3.63) is 33.8 Å². The molecule has 0 saturated heterocycles. The van der Waals surface area contributed by atoms with Gasteiger partial charge in [0.2, 0.25) is 5.91 Å². The standard InChI is InChI=1S/C15H22Cl2N2O/c1-4-15(5-2,10-18)14(20)19(3)9-11-12(16)7-6-8-13(11)17/h6-8H,4-5,9-10,18H2,1-3H3. The first-order chi connectivity index (χ1) is 9.41. The van der Waals surface area contributed by atoms with Crippen LogP contribution in [0, 0.1) is 5.41 Å². The summed E-state index contributed by atoms with van der Waals surface area (Å²) in [5.41, 5.74) is 6.09. The number of hydrogen-bond acceptors (Lipinski definition) is 2. The van der Waals surface area contributed by atoms with Crippen molar-refractivity contribution in [1.82, 2.24) is 4.90 Å². The van der Waals surface area contributed by atoms with Gasteiger partial charge in [0, 0.05) is 35.7 Å². The van der Waals surface area contributed by atoms with Crippen LogP contribution in [0.5, 0.6) is 0 Å². The van der Waals surface area contributed by atoms with E-state index in [2.05, 4.69) is 0 Å². The molecule has 0 heterocycles. The van der Waals surface area contributed by atoms with Gasteiger partial charge in [0.1, 0.15) is 0 Å². The summed E-state index contributed by atoms with van der Waals surface area (Å²) in [6, 6.07) is 5.34. The first kappa shape index (κ1) is 17.3. The largest absolute Gasteiger partial charge is 0.341 e. The van der Waals surface area contributed by atoms with E-state index in [1.165, 1.54) is 0 Å². The minimum absolute atomic E-state index is 0.0426. The number of rotatable bonds is 6. The Labute approximate surface area is 131 Å². The Kier molecular flexibility index (Phi) is 6.31. The highest BCUT2D eigenvalue weighted by atomic mass is 35.5. The third-order valence-electron chi connectivity index (χ3n) is 4.00. The van der Waals surface area contributed by atoms with E-state index in [9.17, 15) is 4.79 Å². The van der Waals surface area contributed by atoms with Crippen molar-refractivity contribution in [2.75, 3.05) is 13.6 Å². The molecule has 112 valence electrons. The van der Waals surface area contributed by atoms with Gasteiger partial charge < -0.3 is 10.6 Å². The maximum absolute atomic E-state index is 12.6. The minimum atomic E-state index is -0.498. The van der Waals surface area contributed by atoms with Crippen LogP contribution in [0.4, 0.5) is 0 Å². The molecule has 1 aromatic carbocycles. The number of carbonyl (C=O) groups excluding carboxylic acids is 1. The Balaban J connectivity index is 2.96. The van der Waals surface area contributed by atoms with Gasteiger partial charge in [-0.3, -0.25) is 4.79 Å². The summed E-state index contributed by atoms with van der Waals surface area (Å²) in [6.45, 7) is 4.72. The van der Waals surface area contributed by atoms with Crippen LogP contribution in [0.3, 0.4) is 0 Å². The quantitative estimate of drug-likeness (QED) is 0.869. The molecule has 0 spiro atoms. The molecule has 0 aromatic heterocycles. The number of nitrogens with two attached hydrogens (primary N) is 1. The van der Waals surface area contributed by atoms with Gasteiger partial charge in [0.15, 0.2) is 0 Å². The number of benzene rings is 1. The Morgan fingerprint density at radius 3 is 2.15 bits per heavy atom. The predicted molar refractivity (Wildman–Crippen MR) is 85.0 cm³/mol. The Hall–Kier alpha value is -0.770. The summed E-state index contributed by atoms with van der Waals surface area (Å²) < 4.78 is 0. The Bertz CT molecular complexity index is 444.